The third-order valence-electron chi connectivity index (χ3n) is 2.75. The Hall–Kier alpha value is -2.68. The molecule has 114 valence electrons. The number of rotatable bonds is 4. The van der Waals surface area contributed by atoms with E-state index < -0.39 is 22.3 Å². The second-order valence-corrected chi connectivity index (χ2v) is 5.13. The SMILES string of the molecule is Cc1occc1C(=O)N/N=C/c1cc(Br)cc([N+](=O)[O-])c1O. The molecule has 0 unspecified atom stereocenters. The first-order valence-corrected chi connectivity index (χ1v) is 6.74. The van der Waals surface area contributed by atoms with Crippen molar-refractivity contribution in [2.45, 2.75) is 6.92 Å². The summed E-state index contributed by atoms with van der Waals surface area (Å²) in [6, 6.07) is 4.09. The van der Waals surface area contributed by atoms with Crippen LogP contribution in [0, 0.1) is 17.0 Å². The number of phenols is 1. The lowest BCUT2D eigenvalue weighted by Crippen LogP contribution is -2.17. The van der Waals surface area contributed by atoms with Gasteiger partial charge in [0.2, 0.25) is 5.75 Å². The lowest BCUT2D eigenvalue weighted by Gasteiger charge is -2.02. The van der Waals surface area contributed by atoms with Gasteiger partial charge >= 0.3 is 5.69 Å². The number of benzene rings is 1. The van der Waals surface area contributed by atoms with Crippen LogP contribution < -0.4 is 5.43 Å². The molecule has 0 bridgehead atoms. The van der Waals surface area contributed by atoms with Gasteiger partial charge in [-0.2, -0.15) is 5.10 Å². The van der Waals surface area contributed by atoms with Crippen molar-refractivity contribution in [1.82, 2.24) is 5.43 Å². The highest BCUT2D eigenvalue weighted by atomic mass is 79.9. The largest absolute Gasteiger partial charge is 0.502 e. The standard InChI is InChI=1S/C13H10BrN3O5/c1-7-10(2-3-22-7)13(19)16-15-6-8-4-9(14)5-11(12(8)18)17(20)21/h2-6,18H,1H3,(H,16,19)/b15-6+. The molecule has 0 atom stereocenters. The molecule has 9 heteroatoms. The molecule has 0 fully saturated rings. The second-order valence-electron chi connectivity index (χ2n) is 4.21. The molecule has 0 spiro atoms. The van der Waals surface area contributed by atoms with E-state index in [1.165, 1.54) is 24.5 Å². The fourth-order valence-electron chi connectivity index (χ4n) is 1.68. The second kappa shape index (κ2) is 6.39. The molecule has 22 heavy (non-hydrogen) atoms. The number of furan rings is 1. The molecule has 1 heterocycles. The molecule has 0 aliphatic carbocycles. The molecule has 0 radical (unpaired) electrons. The van der Waals surface area contributed by atoms with E-state index in [-0.39, 0.29) is 5.56 Å². The zero-order valence-corrected chi connectivity index (χ0v) is 12.8. The quantitative estimate of drug-likeness (QED) is 0.489. The third-order valence-corrected chi connectivity index (χ3v) is 3.21. The number of carbonyl (C=O) groups is 1. The Kier molecular flexibility index (Phi) is 4.56. The number of aryl methyl sites for hydroxylation is 1. The smallest absolute Gasteiger partial charge is 0.312 e. The Morgan fingerprint density at radius 2 is 2.27 bits per heavy atom. The highest BCUT2D eigenvalue weighted by Gasteiger charge is 2.17. The van der Waals surface area contributed by atoms with Gasteiger partial charge in [0.25, 0.3) is 5.91 Å². The molecule has 8 nitrogen and oxygen atoms in total. The molecule has 1 aromatic heterocycles. The molecule has 0 saturated carbocycles. The number of nitrogens with zero attached hydrogens (tertiary/aromatic N) is 2. The van der Waals surface area contributed by atoms with Crippen LogP contribution in [0.15, 0.2) is 38.5 Å². The summed E-state index contributed by atoms with van der Waals surface area (Å²) in [5.41, 5.74) is 2.19. The highest BCUT2D eigenvalue weighted by Crippen LogP contribution is 2.32. The number of carbonyl (C=O) groups excluding carboxylic acids is 1. The Labute approximate surface area is 132 Å². The molecule has 0 aliphatic heterocycles. The van der Waals surface area contributed by atoms with Gasteiger partial charge in [-0.15, -0.1) is 0 Å². The van der Waals surface area contributed by atoms with Crippen LogP contribution >= 0.6 is 15.9 Å². The van der Waals surface area contributed by atoms with E-state index in [9.17, 15) is 20.0 Å². The molecule has 0 saturated heterocycles. The van der Waals surface area contributed by atoms with E-state index >= 15 is 0 Å². The number of hydrogen-bond donors (Lipinski definition) is 2. The Bertz CT molecular complexity index is 769. The Morgan fingerprint density at radius 1 is 1.55 bits per heavy atom. The number of nitro groups is 1. The van der Waals surface area contributed by atoms with Gasteiger partial charge in [-0.25, -0.2) is 5.43 Å². The lowest BCUT2D eigenvalue weighted by molar-refractivity contribution is -0.385. The number of hydrogen-bond acceptors (Lipinski definition) is 6. The maximum absolute atomic E-state index is 11.8. The summed E-state index contributed by atoms with van der Waals surface area (Å²) < 4.78 is 5.39. The molecule has 1 aromatic carbocycles. The van der Waals surface area contributed by atoms with Crippen LogP contribution in [0.5, 0.6) is 5.75 Å². The van der Waals surface area contributed by atoms with Crippen LogP contribution in [0.4, 0.5) is 5.69 Å². The topological polar surface area (TPSA) is 118 Å². The predicted molar refractivity (Wildman–Crippen MR) is 81.0 cm³/mol. The summed E-state index contributed by atoms with van der Waals surface area (Å²) in [5.74, 6) is -0.592. The average molecular weight is 368 g/mol. The summed E-state index contributed by atoms with van der Waals surface area (Å²) >= 11 is 3.10. The number of nitro benzene ring substituents is 1. The summed E-state index contributed by atoms with van der Waals surface area (Å²) in [5, 5.41) is 24.3. The molecule has 2 aromatic rings. The summed E-state index contributed by atoms with van der Waals surface area (Å²) in [7, 11) is 0. The number of nitrogens with one attached hydrogen (secondary N) is 1. The van der Waals surface area contributed by atoms with Crippen LogP contribution in [-0.4, -0.2) is 22.2 Å². The maximum atomic E-state index is 11.8. The first-order chi connectivity index (χ1) is 10.4. The van der Waals surface area contributed by atoms with Crippen LogP contribution in [-0.2, 0) is 0 Å². The van der Waals surface area contributed by atoms with Gasteiger partial charge in [-0.3, -0.25) is 14.9 Å². The van der Waals surface area contributed by atoms with Gasteiger partial charge in [0, 0.05) is 16.1 Å². The van der Waals surface area contributed by atoms with Gasteiger partial charge in [0.1, 0.15) is 5.76 Å². The van der Waals surface area contributed by atoms with Crippen LogP contribution in [0.1, 0.15) is 21.7 Å². The van der Waals surface area contributed by atoms with Gasteiger partial charge in [0.05, 0.1) is 23.0 Å². The van der Waals surface area contributed by atoms with E-state index in [1.807, 2.05) is 0 Å². The van der Waals surface area contributed by atoms with Gasteiger partial charge in [0.15, 0.2) is 0 Å². The normalized spacial score (nSPS) is 10.8. The number of hydrazone groups is 1. The summed E-state index contributed by atoms with van der Waals surface area (Å²) in [6.07, 6.45) is 2.48. The van der Waals surface area contributed by atoms with Crippen molar-refractivity contribution in [1.29, 1.82) is 0 Å². The van der Waals surface area contributed by atoms with Crippen molar-refractivity contribution in [3.8, 4) is 5.75 Å². The molecular weight excluding hydrogens is 358 g/mol. The first kappa shape index (κ1) is 15.7. The van der Waals surface area contributed by atoms with Crippen molar-refractivity contribution in [2.75, 3.05) is 0 Å². The van der Waals surface area contributed by atoms with Crippen LogP contribution in [0.25, 0.3) is 0 Å². The van der Waals surface area contributed by atoms with E-state index in [0.29, 0.717) is 15.8 Å². The molecule has 2 N–H and O–H groups in total. The molecule has 0 aliphatic rings. The van der Waals surface area contributed by atoms with Crippen molar-refractivity contribution >= 4 is 33.7 Å². The molecular formula is C13H10BrN3O5. The Morgan fingerprint density at radius 3 is 2.86 bits per heavy atom. The monoisotopic (exact) mass is 367 g/mol. The van der Waals surface area contributed by atoms with Crippen molar-refractivity contribution in [3.05, 3.63) is 55.9 Å². The van der Waals surface area contributed by atoms with Crippen molar-refractivity contribution < 1.29 is 19.2 Å². The zero-order chi connectivity index (χ0) is 16.3. The van der Waals surface area contributed by atoms with Gasteiger partial charge in [-0.1, -0.05) is 15.9 Å². The van der Waals surface area contributed by atoms with E-state index in [1.54, 1.807) is 6.92 Å². The minimum absolute atomic E-state index is 0.0882. The number of phenolic OH excluding ortho intramolecular Hbond substituents is 1. The average Bonchev–Trinajstić information content (AvgIpc) is 2.88. The minimum Gasteiger partial charge on any atom is -0.502 e. The molecule has 1 amide bonds. The van der Waals surface area contributed by atoms with E-state index in [2.05, 4.69) is 26.5 Å². The predicted octanol–water partition coefficient (Wildman–Crippen LogP) is 2.73. The minimum atomic E-state index is -0.717. The van der Waals surface area contributed by atoms with Crippen LogP contribution in [0.3, 0.4) is 0 Å². The lowest BCUT2D eigenvalue weighted by atomic mass is 10.2. The van der Waals surface area contributed by atoms with Gasteiger partial charge in [-0.05, 0) is 19.1 Å². The first-order valence-electron chi connectivity index (χ1n) is 5.94. The highest BCUT2D eigenvalue weighted by molar-refractivity contribution is 9.10. The van der Waals surface area contributed by atoms with Crippen LogP contribution in [0.2, 0.25) is 0 Å². The van der Waals surface area contributed by atoms with Gasteiger partial charge < -0.3 is 9.52 Å². The molecule has 2 rings (SSSR count). The van der Waals surface area contributed by atoms with E-state index in [4.69, 9.17) is 4.42 Å². The zero-order valence-electron chi connectivity index (χ0n) is 11.2. The maximum Gasteiger partial charge on any atom is 0.312 e. The summed E-state index contributed by atoms with van der Waals surface area (Å²) in [6.45, 7) is 1.63. The Balaban J connectivity index is 2.19. The number of amides is 1. The van der Waals surface area contributed by atoms with E-state index in [0.717, 1.165) is 6.21 Å². The van der Waals surface area contributed by atoms with Crippen molar-refractivity contribution in [2.24, 2.45) is 5.10 Å². The fraction of sp³-hybridized carbons (Fsp3) is 0.0769. The number of aromatic hydroxyl groups is 1. The number of halogens is 1. The fourth-order valence-corrected chi connectivity index (χ4v) is 2.15. The third kappa shape index (κ3) is 3.31. The van der Waals surface area contributed by atoms with Crippen molar-refractivity contribution in [3.63, 3.8) is 0 Å². The summed E-state index contributed by atoms with van der Waals surface area (Å²) in [4.78, 5) is 21.9.